The number of para-hydroxylation sites is 1. The number of aryl methyl sites for hydroxylation is 1. The lowest BCUT2D eigenvalue weighted by Crippen LogP contribution is -2.42. The van der Waals surface area contributed by atoms with Gasteiger partial charge in [0.25, 0.3) is 10.0 Å². The first-order chi connectivity index (χ1) is 16.2. The maximum absolute atomic E-state index is 13.4. The fourth-order valence-corrected chi connectivity index (χ4v) is 6.73. The Morgan fingerprint density at radius 1 is 1.12 bits per heavy atom. The second-order valence-corrected chi connectivity index (χ2v) is 11.7. The molecule has 1 saturated heterocycles. The molecule has 180 valence electrons. The summed E-state index contributed by atoms with van der Waals surface area (Å²) in [4.78, 5) is 27.6. The van der Waals surface area contributed by atoms with Crippen molar-refractivity contribution >= 4 is 56.1 Å². The van der Waals surface area contributed by atoms with Crippen molar-refractivity contribution in [3.8, 4) is 0 Å². The second kappa shape index (κ2) is 10.5. The number of nitrogens with one attached hydrogen (secondary N) is 1. The highest BCUT2D eigenvalue weighted by Crippen LogP contribution is 2.36. The lowest BCUT2D eigenvalue weighted by molar-refractivity contribution is -0.130. The van der Waals surface area contributed by atoms with E-state index in [0.717, 1.165) is 49.4 Å². The van der Waals surface area contributed by atoms with Crippen LogP contribution in [0.25, 0.3) is 0 Å². The number of halogens is 1. The third-order valence-corrected chi connectivity index (χ3v) is 8.81. The fraction of sp³-hybridized carbons (Fsp3) is 0.375. The standard InChI is InChI=1S/C24H26ClN3O4S2/c1-16-7-5-6-10-20(16)26-22(29)15-21-23(30)28(18-8-3-2-4-9-18)24(33-21)27-34(31,32)19-13-11-17(25)12-14-19/h5-7,10-14,18,21H,2-4,8-9,15H2,1H3,(H,26,29). The highest BCUT2D eigenvalue weighted by atomic mass is 35.5. The molecule has 34 heavy (non-hydrogen) atoms. The summed E-state index contributed by atoms with van der Waals surface area (Å²) in [6, 6.07) is 13.0. The van der Waals surface area contributed by atoms with Crippen molar-refractivity contribution in [1.29, 1.82) is 0 Å². The van der Waals surface area contributed by atoms with Crippen LogP contribution in [0.5, 0.6) is 0 Å². The Hall–Kier alpha value is -2.36. The summed E-state index contributed by atoms with van der Waals surface area (Å²) >= 11 is 6.93. The summed E-state index contributed by atoms with van der Waals surface area (Å²) in [6.07, 6.45) is 4.52. The normalized spacial score (nSPS) is 20.6. The van der Waals surface area contributed by atoms with E-state index in [4.69, 9.17) is 11.6 Å². The zero-order valence-corrected chi connectivity index (χ0v) is 21.1. The largest absolute Gasteiger partial charge is 0.326 e. The number of benzene rings is 2. The number of amides is 2. The van der Waals surface area contributed by atoms with E-state index in [0.29, 0.717) is 10.7 Å². The van der Waals surface area contributed by atoms with Gasteiger partial charge < -0.3 is 5.32 Å². The Morgan fingerprint density at radius 3 is 2.47 bits per heavy atom. The van der Waals surface area contributed by atoms with Crippen LogP contribution in [0.4, 0.5) is 5.69 Å². The van der Waals surface area contributed by atoms with Crippen LogP contribution in [0.1, 0.15) is 44.1 Å². The zero-order valence-electron chi connectivity index (χ0n) is 18.7. The number of amidine groups is 1. The van der Waals surface area contributed by atoms with Gasteiger partial charge in [-0.15, -0.1) is 4.40 Å². The Kier molecular flexibility index (Phi) is 7.64. The van der Waals surface area contributed by atoms with Crippen LogP contribution in [0, 0.1) is 6.92 Å². The molecule has 7 nitrogen and oxygen atoms in total. The molecule has 2 aromatic rings. The van der Waals surface area contributed by atoms with E-state index >= 15 is 0 Å². The van der Waals surface area contributed by atoms with E-state index in [1.165, 1.54) is 29.2 Å². The third-order valence-electron chi connectivity index (χ3n) is 6.01. The SMILES string of the molecule is Cc1ccccc1NC(=O)CC1SC(=NS(=O)(=O)c2ccc(Cl)cc2)N(C2CCCCC2)C1=O. The van der Waals surface area contributed by atoms with Gasteiger partial charge >= 0.3 is 0 Å². The Balaban J connectivity index is 1.58. The van der Waals surface area contributed by atoms with Gasteiger partial charge in [-0.05, 0) is 55.7 Å². The third kappa shape index (κ3) is 5.64. The minimum Gasteiger partial charge on any atom is -0.326 e. The first kappa shape index (κ1) is 24.8. The number of hydrogen-bond donors (Lipinski definition) is 1. The quantitative estimate of drug-likeness (QED) is 0.579. The van der Waals surface area contributed by atoms with Gasteiger partial charge in [-0.3, -0.25) is 14.5 Å². The topological polar surface area (TPSA) is 95.9 Å². The van der Waals surface area contributed by atoms with Crippen molar-refractivity contribution in [2.24, 2.45) is 4.40 Å². The average molecular weight is 520 g/mol. The molecule has 4 rings (SSSR count). The van der Waals surface area contributed by atoms with Crippen molar-refractivity contribution in [3.63, 3.8) is 0 Å². The van der Waals surface area contributed by atoms with Crippen molar-refractivity contribution in [1.82, 2.24) is 4.90 Å². The van der Waals surface area contributed by atoms with E-state index in [1.807, 2.05) is 25.1 Å². The van der Waals surface area contributed by atoms with Crippen molar-refractivity contribution < 1.29 is 18.0 Å². The van der Waals surface area contributed by atoms with Crippen LogP contribution in [0.15, 0.2) is 57.8 Å². The minimum absolute atomic E-state index is 0.00166. The van der Waals surface area contributed by atoms with Gasteiger partial charge in [-0.1, -0.05) is 60.8 Å². The molecule has 2 fully saturated rings. The summed E-state index contributed by atoms with van der Waals surface area (Å²) in [5.41, 5.74) is 1.60. The summed E-state index contributed by atoms with van der Waals surface area (Å²) in [6.45, 7) is 1.89. The molecule has 1 heterocycles. The Labute approximate surface area is 209 Å². The number of anilines is 1. The van der Waals surface area contributed by atoms with E-state index in [2.05, 4.69) is 9.71 Å². The van der Waals surface area contributed by atoms with E-state index < -0.39 is 15.3 Å². The number of carbonyl (C=O) groups is 2. The van der Waals surface area contributed by atoms with E-state index in [-0.39, 0.29) is 34.3 Å². The van der Waals surface area contributed by atoms with Crippen LogP contribution >= 0.6 is 23.4 Å². The van der Waals surface area contributed by atoms with Gasteiger partial charge in [0.15, 0.2) is 5.17 Å². The van der Waals surface area contributed by atoms with Crippen LogP contribution in [0.2, 0.25) is 5.02 Å². The molecule has 2 amide bonds. The maximum Gasteiger partial charge on any atom is 0.284 e. The first-order valence-corrected chi connectivity index (χ1v) is 13.9. The predicted molar refractivity (Wildman–Crippen MR) is 136 cm³/mol. The van der Waals surface area contributed by atoms with Gasteiger partial charge in [0.2, 0.25) is 11.8 Å². The molecule has 2 aromatic carbocycles. The molecule has 10 heteroatoms. The molecule has 1 N–H and O–H groups in total. The van der Waals surface area contributed by atoms with E-state index in [1.54, 1.807) is 6.07 Å². The number of hydrogen-bond acceptors (Lipinski definition) is 5. The molecule has 1 saturated carbocycles. The predicted octanol–water partition coefficient (Wildman–Crippen LogP) is 5.00. The minimum atomic E-state index is -4.05. The second-order valence-electron chi connectivity index (χ2n) is 8.48. The Bertz CT molecular complexity index is 1210. The van der Waals surface area contributed by atoms with Gasteiger partial charge in [-0.25, -0.2) is 0 Å². The number of nitrogens with zero attached hydrogens (tertiary/aromatic N) is 2. The van der Waals surface area contributed by atoms with Crippen molar-refractivity contribution in [2.45, 2.75) is 61.6 Å². The van der Waals surface area contributed by atoms with Gasteiger partial charge in [0.1, 0.15) is 5.25 Å². The van der Waals surface area contributed by atoms with Gasteiger partial charge in [0, 0.05) is 23.2 Å². The van der Waals surface area contributed by atoms with Crippen LogP contribution in [-0.4, -0.2) is 41.6 Å². The summed E-state index contributed by atoms with van der Waals surface area (Å²) in [7, 11) is -4.05. The zero-order chi connectivity index (χ0) is 24.3. The lowest BCUT2D eigenvalue weighted by atomic mass is 9.94. The highest BCUT2D eigenvalue weighted by molar-refractivity contribution is 8.16. The summed E-state index contributed by atoms with van der Waals surface area (Å²) < 4.78 is 30.0. The summed E-state index contributed by atoms with van der Waals surface area (Å²) in [5, 5.41) is 2.68. The molecule has 1 unspecified atom stereocenters. The van der Waals surface area contributed by atoms with Crippen LogP contribution in [0.3, 0.4) is 0 Å². The van der Waals surface area contributed by atoms with Crippen LogP contribution in [-0.2, 0) is 19.6 Å². The molecule has 1 aliphatic carbocycles. The smallest absolute Gasteiger partial charge is 0.284 e. The molecule has 2 aliphatic rings. The Morgan fingerprint density at radius 2 is 1.79 bits per heavy atom. The first-order valence-electron chi connectivity index (χ1n) is 11.2. The number of sulfonamides is 1. The van der Waals surface area contributed by atoms with Crippen molar-refractivity contribution in [3.05, 3.63) is 59.1 Å². The number of rotatable bonds is 6. The molecule has 0 spiro atoms. The molecular weight excluding hydrogens is 494 g/mol. The molecule has 1 atom stereocenters. The average Bonchev–Trinajstić information content (AvgIpc) is 3.10. The number of thioether (sulfide) groups is 1. The molecule has 0 bridgehead atoms. The summed E-state index contributed by atoms with van der Waals surface area (Å²) in [5.74, 6) is -0.563. The fourth-order valence-electron chi connectivity index (χ4n) is 4.20. The molecular formula is C24H26ClN3O4S2. The molecule has 0 aromatic heterocycles. The lowest BCUT2D eigenvalue weighted by Gasteiger charge is -2.30. The van der Waals surface area contributed by atoms with Crippen molar-refractivity contribution in [2.75, 3.05) is 5.32 Å². The van der Waals surface area contributed by atoms with Gasteiger partial charge in [-0.2, -0.15) is 8.42 Å². The van der Waals surface area contributed by atoms with E-state index in [9.17, 15) is 18.0 Å². The number of carbonyl (C=O) groups excluding carboxylic acids is 2. The highest BCUT2D eigenvalue weighted by Gasteiger charge is 2.43. The molecule has 0 radical (unpaired) electrons. The van der Waals surface area contributed by atoms with Crippen LogP contribution < -0.4 is 5.32 Å². The molecule has 1 aliphatic heterocycles. The maximum atomic E-state index is 13.4. The van der Waals surface area contributed by atoms with Gasteiger partial charge in [0.05, 0.1) is 4.90 Å². The monoisotopic (exact) mass is 519 g/mol.